The summed E-state index contributed by atoms with van der Waals surface area (Å²) in [7, 11) is 0. The van der Waals surface area contributed by atoms with E-state index >= 15 is 0 Å². The molecule has 3 rings (SSSR count). The van der Waals surface area contributed by atoms with E-state index in [9.17, 15) is 0 Å². The van der Waals surface area contributed by atoms with Crippen molar-refractivity contribution in [2.24, 2.45) is 0 Å². The molecule has 0 saturated heterocycles. The van der Waals surface area contributed by atoms with Crippen LogP contribution < -0.4 is 5.73 Å². The molecule has 0 bridgehead atoms. The summed E-state index contributed by atoms with van der Waals surface area (Å²) in [4.78, 5) is 4.44. The third-order valence-electron chi connectivity index (χ3n) is 2.96. The molecule has 0 unspecified atom stereocenters. The van der Waals surface area contributed by atoms with Crippen molar-refractivity contribution in [3.63, 3.8) is 0 Å². The van der Waals surface area contributed by atoms with Crippen molar-refractivity contribution in [3.8, 4) is 22.8 Å². The van der Waals surface area contributed by atoms with Crippen LogP contribution in [0.3, 0.4) is 0 Å². The molecular formula is C15H11Br2N3O. The zero-order chi connectivity index (χ0) is 15.0. The van der Waals surface area contributed by atoms with Crippen LogP contribution in [0.15, 0.2) is 49.9 Å². The molecule has 0 atom stereocenters. The normalized spacial score (nSPS) is 10.8. The SMILES string of the molecule is Cc1ccc(-c2noc(-c3cc(N)cc(Br)c3)n2)c(Br)c1. The van der Waals surface area contributed by atoms with E-state index in [0.717, 1.165) is 25.6 Å². The Morgan fingerprint density at radius 2 is 1.90 bits per heavy atom. The highest BCUT2D eigenvalue weighted by Gasteiger charge is 2.13. The van der Waals surface area contributed by atoms with Crippen molar-refractivity contribution >= 4 is 37.5 Å². The van der Waals surface area contributed by atoms with Gasteiger partial charge in [-0.1, -0.05) is 43.1 Å². The highest BCUT2D eigenvalue weighted by molar-refractivity contribution is 9.10. The number of rotatable bonds is 2. The van der Waals surface area contributed by atoms with E-state index in [1.807, 2.05) is 37.3 Å². The second-order valence-electron chi connectivity index (χ2n) is 4.68. The van der Waals surface area contributed by atoms with Crippen molar-refractivity contribution in [1.29, 1.82) is 0 Å². The van der Waals surface area contributed by atoms with E-state index < -0.39 is 0 Å². The first kappa shape index (κ1) is 14.3. The van der Waals surface area contributed by atoms with E-state index in [0.29, 0.717) is 17.4 Å². The molecule has 0 aliphatic carbocycles. The molecular weight excluding hydrogens is 398 g/mol. The van der Waals surface area contributed by atoms with E-state index in [1.165, 1.54) is 0 Å². The zero-order valence-electron chi connectivity index (χ0n) is 11.1. The molecule has 4 nitrogen and oxygen atoms in total. The summed E-state index contributed by atoms with van der Waals surface area (Å²) in [6, 6.07) is 11.5. The number of hydrogen-bond acceptors (Lipinski definition) is 4. The highest BCUT2D eigenvalue weighted by Crippen LogP contribution is 2.30. The largest absolute Gasteiger partial charge is 0.399 e. The Bertz CT molecular complexity index is 794. The predicted molar refractivity (Wildman–Crippen MR) is 89.7 cm³/mol. The third-order valence-corrected chi connectivity index (χ3v) is 4.07. The molecule has 6 heteroatoms. The summed E-state index contributed by atoms with van der Waals surface area (Å²) in [6.45, 7) is 2.03. The van der Waals surface area contributed by atoms with E-state index in [-0.39, 0.29) is 0 Å². The Kier molecular flexibility index (Phi) is 3.82. The minimum Gasteiger partial charge on any atom is -0.399 e. The van der Waals surface area contributed by atoms with Gasteiger partial charge in [0.2, 0.25) is 5.82 Å². The zero-order valence-corrected chi connectivity index (χ0v) is 14.3. The summed E-state index contributed by atoms with van der Waals surface area (Å²) in [5, 5.41) is 4.04. The Hall–Kier alpha value is -1.66. The van der Waals surface area contributed by atoms with Gasteiger partial charge in [0.25, 0.3) is 5.89 Å². The molecule has 3 aromatic rings. The van der Waals surface area contributed by atoms with Gasteiger partial charge in [0.1, 0.15) is 0 Å². The lowest BCUT2D eigenvalue weighted by Crippen LogP contribution is -1.87. The molecule has 21 heavy (non-hydrogen) atoms. The smallest absolute Gasteiger partial charge is 0.258 e. The number of nitrogens with zero attached hydrogens (tertiary/aromatic N) is 2. The number of halogens is 2. The monoisotopic (exact) mass is 407 g/mol. The van der Waals surface area contributed by atoms with Gasteiger partial charge in [-0.3, -0.25) is 0 Å². The van der Waals surface area contributed by atoms with E-state index in [4.69, 9.17) is 10.3 Å². The minimum absolute atomic E-state index is 0.436. The summed E-state index contributed by atoms with van der Waals surface area (Å²) in [6.07, 6.45) is 0. The maximum absolute atomic E-state index is 5.83. The fraction of sp³-hybridized carbons (Fsp3) is 0.0667. The summed E-state index contributed by atoms with van der Waals surface area (Å²) in [5.74, 6) is 0.973. The molecule has 1 aromatic heterocycles. The number of aromatic nitrogens is 2. The van der Waals surface area contributed by atoms with E-state index in [2.05, 4.69) is 42.0 Å². The predicted octanol–water partition coefficient (Wildman–Crippen LogP) is 4.82. The Labute approximate surface area is 138 Å². The highest BCUT2D eigenvalue weighted by atomic mass is 79.9. The number of nitrogen functional groups attached to an aromatic ring is 1. The van der Waals surface area contributed by atoms with Gasteiger partial charge in [-0.05, 0) is 42.8 Å². The number of anilines is 1. The molecule has 0 aliphatic heterocycles. The summed E-state index contributed by atoms with van der Waals surface area (Å²) in [5.41, 5.74) is 9.29. The lowest BCUT2D eigenvalue weighted by molar-refractivity contribution is 0.432. The molecule has 1 heterocycles. The average Bonchev–Trinajstić information content (AvgIpc) is 2.87. The fourth-order valence-corrected chi connectivity index (χ4v) is 3.17. The van der Waals surface area contributed by atoms with Crippen LogP contribution in [0.5, 0.6) is 0 Å². The lowest BCUT2D eigenvalue weighted by Gasteiger charge is -2.00. The molecule has 2 aromatic carbocycles. The van der Waals surface area contributed by atoms with Crippen molar-refractivity contribution in [3.05, 3.63) is 50.9 Å². The van der Waals surface area contributed by atoms with Gasteiger partial charge in [0.05, 0.1) is 0 Å². The van der Waals surface area contributed by atoms with Crippen LogP contribution in [0.1, 0.15) is 5.56 Å². The van der Waals surface area contributed by atoms with Gasteiger partial charge in [-0.2, -0.15) is 4.98 Å². The van der Waals surface area contributed by atoms with Gasteiger partial charge in [0.15, 0.2) is 0 Å². The van der Waals surface area contributed by atoms with Crippen LogP contribution >= 0.6 is 31.9 Å². The first-order valence-electron chi connectivity index (χ1n) is 6.19. The van der Waals surface area contributed by atoms with Crippen LogP contribution in [-0.2, 0) is 0 Å². The number of hydrogen-bond donors (Lipinski definition) is 1. The molecule has 0 aliphatic rings. The maximum atomic E-state index is 5.83. The van der Waals surface area contributed by atoms with Gasteiger partial charge in [-0.15, -0.1) is 0 Å². The quantitative estimate of drug-likeness (QED) is 0.617. The van der Waals surface area contributed by atoms with Crippen LogP contribution in [0, 0.1) is 6.92 Å². The molecule has 106 valence electrons. The molecule has 0 fully saturated rings. The minimum atomic E-state index is 0.436. The van der Waals surface area contributed by atoms with Crippen LogP contribution in [-0.4, -0.2) is 10.1 Å². The van der Waals surface area contributed by atoms with Gasteiger partial charge in [0, 0.05) is 25.8 Å². The Morgan fingerprint density at radius 3 is 2.62 bits per heavy atom. The molecule has 0 radical (unpaired) electrons. The van der Waals surface area contributed by atoms with Gasteiger partial charge in [-0.25, -0.2) is 0 Å². The van der Waals surface area contributed by atoms with Crippen molar-refractivity contribution < 1.29 is 4.52 Å². The van der Waals surface area contributed by atoms with Crippen LogP contribution in [0.25, 0.3) is 22.8 Å². The lowest BCUT2D eigenvalue weighted by atomic mass is 10.1. The second-order valence-corrected chi connectivity index (χ2v) is 6.45. The maximum Gasteiger partial charge on any atom is 0.258 e. The standard InChI is InChI=1S/C15H11Br2N3O/c1-8-2-3-12(13(17)4-8)14-19-15(21-20-14)9-5-10(16)7-11(18)6-9/h2-7H,18H2,1H3. The topological polar surface area (TPSA) is 64.9 Å². The van der Waals surface area contributed by atoms with Crippen molar-refractivity contribution in [2.75, 3.05) is 5.73 Å². The Balaban J connectivity index is 2.03. The first-order valence-corrected chi connectivity index (χ1v) is 7.78. The van der Waals surface area contributed by atoms with Crippen molar-refractivity contribution in [1.82, 2.24) is 10.1 Å². The van der Waals surface area contributed by atoms with Crippen molar-refractivity contribution in [2.45, 2.75) is 6.92 Å². The summed E-state index contributed by atoms with van der Waals surface area (Å²) < 4.78 is 7.15. The van der Waals surface area contributed by atoms with E-state index in [1.54, 1.807) is 6.07 Å². The van der Waals surface area contributed by atoms with Crippen LogP contribution in [0.4, 0.5) is 5.69 Å². The fourth-order valence-electron chi connectivity index (χ4n) is 1.99. The third kappa shape index (κ3) is 3.01. The summed E-state index contributed by atoms with van der Waals surface area (Å²) >= 11 is 6.93. The second kappa shape index (κ2) is 5.61. The number of nitrogens with two attached hydrogens (primary N) is 1. The molecule has 0 saturated carbocycles. The average molecular weight is 409 g/mol. The molecule has 0 spiro atoms. The Morgan fingerprint density at radius 1 is 1.10 bits per heavy atom. The van der Waals surface area contributed by atoms with Gasteiger partial charge < -0.3 is 10.3 Å². The molecule has 2 N–H and O–H groups in total. The molecule has 0 amide bonds. The number of aryl methyl sites for hydroxylation is 1. The van der Waals surface area contributed by atoms with Crippen LogP contribution in [0.2, 0.25) is 0 Å². The van der Waals surface area contributed by atoms with Gasteiger partial charge >= 0.3 is 0 Å². The first-order chi connectivity index (χ1) is 10.0. The number of benzene rings is 2.